The zero-order chi connectivity index (χ0) is 13.6. The first-order valence-corrected chi connectivity index (χ1v) is 7.81. The molecule has 0 aromatic heterocycles. The summed E-state index contributed by atoms with van der Waals surface area (Å²) in [4.78, 5) is 12.4. The summed E-state index contributed by atoms with van der Waals surface area (Å²) >= 11 is 3.42. The predicted octanol–water partition coefficient (Wildman–Crippen LogP) is 4.61. The zero-order valence-corrected chi connectivity index (χ0v) is 13.0. The summed E-state index contributed by atoms with van der Waals surface area (Å²) in [5.41, 5.74) is 0.468. The van der Waals surface area contributed by atoms with Crippen molar-refractivity contribution in [2.75, 3.05) is 0 Å². The minimum atomic E-state index is -0.260. The summed E-state index contributed by atoms with van der Waals surface area (Å²) in [6, 6.07) is 5.74. The largest absolute Gasteiger partial charge is 0.486 e. The van der Waals surface area contributed by atoms with Gasteiger partial charge in [0, 0.05) is 4.47 Å². The van der Waals surface area contributed by atoms with E-state index in [1.54, 1.807) is 0 Å². The summed E-state index contributed by atoms with van der Waals surface area (Å²) < 4.78 is 7.24. The van der Waals surface area contributed by atoms with E-state index in [2.05, 4.69) is 29.8 Å². The lowest BCUT2D eigenvalue weighted by Crippen LogP contribution is -2.50. The quantitative estimate of drug-likeness (QED) is 0.697. The molecule has 1 spiro atoms. The highest BCUT2D eigenvalue weighted by Crippen LogP contribution is 2.46. The molecular formula is C16H19BrO2. The third-order valence-corrected chi connectivity index (χ3v) is 5.22. The predicted molar refractivity (Wildman–Crippen MR) is 78.6 cm³/mol. The van der Waals surface area contributed by atoms with E-state index in [1.165, 1.54) is 0 Å². The van der Waals surface area contributed by atoms with Gasteiger partial charge in [0.05, 0.1) is 12.0 Å². The van der Waals surface area contributed by atoms with Crippen LogP contribution in [0.2, 0.25) is 0 Å². The van der Waals surface area contributed by atoms with Crippen LogP contribution in [0.15, 0.2) is 22.7 Å². The van der Waals surface area contributed by atoms with Gasteiger partial charge in [0.15, 0.2) is 5.78 Å². The highest BCUT2D eigenvalue weighted by Gasteiger charge is 2.47. The lowest BCUT2D eigenvalue weighted by molar-refractivity contribution is -0.0371. The number of fused-ring (bicyclic) bond motifs is 1. The van der Waals surface area contributed by atoms with Gasteiger partial charge < -0.3 is 4.74 Å². The zero-order valence-electron chi connectivity index (χ0n) is 11.4. The fraction of sp³-hybridized carbons (Fsp3) is 0.562. The summed E-state index contributed by atoms with van der Waals surface area (Å²) in [6.07, 6.45) is 3.84. The number of carbonyl (C=O) groups excluding carboxylic acids is 1. The number of rotatable bonds is 0. The van der Waals surface area contributed by atoms with Gasteiger partial charge in [-0.15, -0.1) is 0 Å². The van der Waals surface area contributed by atoms with Crippen LogP contribution in [0.4, 0.5) is 0 Å². The Morgan fingerprint density at radius 1 is 1.37 bits per heavy atom. The smallest absolute Gasteiger partial charge is 0.170 e. The van der Waals surface area contributed by atoms with Crippen molar-refractivity contribution in [3.63, 3.8) is 0 Å². The molecule has 1 heterocycles. The Labute approximate surface area is 122 Å². The normalized spacial score (nSPS) is 33.9. The van der Waals surface area contributed by atoms with Crippen molar-refractivity contribution >= 4 is 21.7 Å². The number of benzene rings is 1. The topological polar surface area (TPSA) is 26.3 Å². The van der Waals surface area contributed by atoms with Gasteiger partial charge in [0.1, 0.15) is 11.4 Å². The van der Waals surface area contributed by atoms with Crippen molar-refractivity contribution in [1.29, 1.82) is 0 Å². The van der Waals surface area contributed by atoms with Crippen molar-refractivity contribution in [3.8, 4) is 5.75 Å². The second kappa shape index (κ2) is 4.62. The van der Waals surface area contributed by atoms with Crippen molar-refractivity contribution in [2.24, 2.45) is 11.8 Å². The molecule has 3 unspecified atom stereocenters. The first kappa shape index (κ1) is 13.2. The van der Waals surface area contributed by atoms with Gasteiger partial charge in [-0.2, -0.15) is 0 Å². The van der Waals surface area contributed by atoms with E-state index in [0.717, 1.165) is 41.0 Å². The lowest BCUT2D eigenvalue weighted by atomic mass is 9.68. The van der Waals surface area contributed by atoms with Gasteiger partial charge in [-0.05, 0) is 49.3 Å². The lowest BCUT2D eigenvalue weighted by Gasteiger charge is -2.46. The summed E-state index contributed by atoms with van der Waals surface area (Å²) in [6.45, 7) is 4.52. The minimum Gasteiger partial charge on any atom is -0.486 e. The number of Topliss-reactive ketones (excluding diaryl/α,β-unsaturated/α-hetero) is 1. The first-order chi connectivity index (χ1) is 9.00. The SMILES string of the molecule is CC1CCC2(CC(=O)c3cc(Br)ccc3O2)C(C)C1. The van der Waals surface area contributed by atoms with Crippen LogP contribution in [-0.2, 0) is 0 Å². The van der Waals surface area contributed by atoms with Crippen molar-refractivity contribution in [1.82, 2.24) is 0 Å². The van der Waals surface area contributed by atoms with Crippen LogP contribution in [0.1, 0.15) is 49.9 Å². The Balaban J connectivity index is 1.96. The Kier molecular flexibility index (Phi) is 3.20. The molecule has 1 saturated carbocycles. The summed E-state index contributed by atoms with van der Waals surface area (Å²) in [7, 11) is 0. The molecule has 1 fully saturated rings. The monoisotopic (exact) mass is 322 g/mol. The molecule has 0 N–H and O–H groups in total. The van der Waals surface area contributed by atoms with Crippen molar-refractivity contribution < 1.29 is 9.53 Å². The van der Waals surface area contributed by atoms with Gasteiger partial charge in [-0.1, -0.05) is 29.8 Å². The number of carbonyl (C=O) groups is 1. The maximum absolute atomic E-state index is 12.4. The Bertz CT molecular complexity index is 525. The van der Waals surface area contributed by atoms with Crippen molar-refractivity contribution in [2.45, 2.75) is 45.1 Å². The molecule has 2 nitrogen and oxygen atoms in total. The van der Waals surface area contributed by atoms with E-state index in [9.17, 15) is 4.79 Å². The molecule has 3 rings (SSSR count). The third kappa shape index (κ3) is 2.22. The number of halogens is 1. The molecule has 102 valence electrons. The average molecular weight is 323 g/mol. The van der Waals surface area contributed by atoms with Crippen molar-refractivity contribution in [3.05, 3.63) is 28.2 Å². The molecule has 0 bridgehead atoms. The molecule has 3 heteroatoms. The van der Waals surface area contributed by atoms with Gasteiger partial charge in [0.25, 0.3) is 0 Å². The minimum absolute atomic E-state index is 0.226. The molecule has 0 radical (unpaired) electrons. The van der Waals surface area contributed by atoms with Crippen LogP contribution in [-0.4, -0.2) is 11.4 Å². The highest BCUT2D eigenvalue weighted by molar-refractivity contribution is 9.10. The Morgan fingerprint density at radius 2 is 2.16 bits per heavy atom. The molecule has 1 aliphatic carbocycles. The van der Waals surface area contributed by atoms with E-state index in [4.69, 9.17) is 4.74 Å². The molecular weight excluding hydrogens is 304 g/mol. The van der Waals surface area contributed by atoms with Crippen LogP contribution < -0.4 is 4.74 Å². The third-order valence-electron chi connectivity index (χ3n) is 4.73. The molecule has 1 aromatic rings. The molecule has 19 heavy (non-hydrogen) atoms. The Hall–Kier alpha value is -0.830. The highest BCUT2D eigenvalue weighted by atomic mass is 79.9. The fourth-order valence-electron chi connectivity index (χ4n) is 3.52. The number of ether oxygens (including phenoxy) is 1. The van der Waals surface area contributed by atoms with E-state index < -0.39 is 0 Å². The number of hydrogen-bond acceptors (Lipinski definition) is 2. The average Bonchev–Trinajstić information content (AvgIpc) is 2.36. The van der Waals surface area contributed by atoms with Gasteiger partial charge in [-0.3, -0.25) is 4.79 Å². The molecule has 1 aromatic carbocycles. The van der Waals surface area contributed by atoms with E-state index in [0.29, 0.717) is 12.3 Å². The van der Waals surface area contributed by atoms with Crippen LogP contribution >= 0.6 is 15.9 Å². The second-order valence-corrected chi connectivity index (χ2v) is 7.10. The molecule has 2 aliphatic rings. The maximum atomic E-state index is 12.4. The maximum Gasteiger partial charge on any atom is 0.170 e. The molecule has 3 atom stereocenters. The first-order valence-electron chi connectivity index (χ1n) is 7.02. The fourth-order valence-corrected chi connectivity index (χ4v) is 3.88. The van der Waals surface area contributed by atoms with E-state index >= 15 is 0 Å². The molecule has 0 amide bonds. The van der Waals surface area contributed by atoms with Crippen LogP contribution in [0.5, 0.6) is 5.75 Å². The standard InChI is InChI=1S/C16H19BrO2/c1-10-5-6-16(11(2)7-10)9-14(18)13-8-12(17)3-4-15(13)19-16/h3-4,8,10-11H,5-7,9H2,1-2H3. The van der Waals surface area contributed by atoms with Gasteiger partial charge in [0.2, 0.25) is 0 Å². The van der Waals surface area contributed by atoms with Crippen LogP contribution in [0.3, 0.4) is 0 Å². The van der Waals surface area contributed by atoms with Crippen LogP contribution in [0.25, 0.3) is 0 Å². The van der Waals surface area contributed by atoms with Crippen LogP contribution in [0, 0.1) is 11.8 Å². The Morgan fingerprint density at radius 3 is 2.89 bits per heavy atom. The summed E-state index contributed by atoms with van der Waals surface area (Å²) in [5.74, 6) is 2.17. The number of ketones is 1. The van der Waals surface area contributed by atoms with E-state index in [-0.39, 0.29) is 11.4 Å². The molecule has 0 saturated heterocycles. The number of hydrogen-bond donors (Lipinski definition) is 0. The van der Waals surface area contributed by atoms with Gasteiger partial charge >= 0.3 is 0 Å². The van der Waals surface area contributed by atoms with Gasteiger partial charge in [-0.25, -0.2) is 0 Å². The summed E-state index contributed by atoms with van der Waals surface area (Å²) in [5, 5.41) is 0. The molecule has 1 aliphatic heterocycles. The van der Waals surface area contributed by atoms with E-state index in [1.807, 2.05) is 18.2 Å². The second-order valence-electron chi connectivity index (χ2n) is 6.19.